The van der Waals surface area contributed by atoms with Gasteiger partial charge < -0.3 is 9.80 Å². The monoisotopic (exact) mass is 170 g/mol. The predicted octanol–water partition coefficient (Wildman–Crippen LogP) is 1.08. The van der Waals surface area contributed by atoms with Crippen molar-refractivity contribution < 1.29 is 0 Å². The molecule has 1 radical (unpaired) electrons. The first-order valence-electron chi connectivity index (χ1n) is 4.28. The van der Waals surface area contributed by atoms with Crippen LogP contribution in [0.15, 0.2) is 4.99 Å². The van der Waals surface area contributed by atoms with Crippen LogP contribution >= 0.6 is 0 Å². The maximum Gasteiger partial charge on any atom is 0.195 e. The highest BCUT2D eigenvalue weighted by Crippen LogP contribution is 1.95. The second-order valence-corrected chi connectivity index (χ2v) is 3.05. The maximum atomic E-state index is 4.19. The molecular weight excluding hydrogens is 150 g/mol. The molecule has 0 aliphatic carbocycles. The molecule has 0 rings (SSSR count). The first kappa shape index (κ1) is 11.3. The Balaban J connectivity index is 3.96. The normalized spacial score (nSPS) is 11.6. The first-order chi connectivity index (χ1) is 5.63. The lowest BCUT2D eigenvalue weighted by Crippen LogP contribution is -2.38. The van der Waals surface area contributed by atoms with Crippen LogP contribution in [0.3, 0.4) is 0 Å². The molecule has 0 fully saturated rings. The highest BCUT2D eigenvalue weighted by Gasteiger charge is 2.05. The van der Waals surface area contributed by atoms with Crippen molar-refractivity contribution in [2.24, 2.45) is 4.99 Å². The highest BCUT2D eigenvalue weighted by atomic mass is 15.3. The summed E-state index contributed by atoms with van der Waals surface area (Å²) in [5.74, 6) is 1.02. The van der Waals surface area contributed by atoms with Gasteiger partial charge in [-0.25, -0.2) is 0 Å². The van der Waals surface area contributed by atoms with Gasteiger partial charge >= 0.3 is 0 Å². The highest BCUT2D eigenvalue weighted by molar-refractivity contribution is 5.79. The van der Waals surface area contributed by atoms with Crippen LogP contribution in [-0.2, 0) is 0 Å². The first-order valence-corrected chi connectivity index (χ1v) is 4.28. The lowest BCUT2D eigenvalue weighted by molar-refractivity contribution is 0.417. The summed E-state index contributed by atoms with van der Waals surface area (Å²) in [4.78, 5) is 8.35. The van der Waals surface area contributed by atoms with Gasteiger partial charge in [0.2, 0.25) is 0 Å². The molecule has 0 saturated heterocycles. The molecule has 0 aromatic carbocycles. The summed E-state index contributed by atoms with van der Waals surface area (Å²) in [6.07, 6.45) is 2.10. The molecule has 71 valence electrons. The lowest BCUT2D eigenvalue weighted by atomic mass is 10.3. The molecule has 0 amide bonds. The van der Waals surface area contributed by atoms with Gasteiger partial charge in [0, 0.05) is 34.7 Å². The topological polar surface area (TPSA) is 18.8 Å². The molecule has 0 aromatic heterocycles. The zero-order valence-electron chi connectivity index (χ0n) is 8.67. The number of hydrogen-bond donors (Lipinski definition) is 0. The van der Waals surface area contributed by atoms with Gasteiger partial charge in [-0.05, 0) is 6.42 Å². The van der Waals surface area contributed by atoms with Gasteiger partial charge in [-0.15, -0.1) is 0 Å². The van der Waals surface area contributed by atoms with Gasteiger partial charge in [0.05, 0.1) is 0 Å². The van der Waals surface area contributed by atoms with Gasteiger partial charge in [0.15, 0.2) is 5.96 Å². The van der Waals surface area contributed by atoms with Crippen LogP contribution in [0.1, 0.15) is 12.8 Å². The molecule has 0 spiro atoms. The summed E-state index contributed by atoms with van der Waals surface area (Å²) in [5.41, 5.74) is 0. The lowest BCUT2D eigenvalue weighted by Gasteiger charge is -2.25. The molecule has 3 heteroatoms. The summed E-state index contributed by atoms with van der Waals surface area (Å²) in [6.45, 7) is 4.83. The van der Waals surface area contributed by atoms with Crippen molar-refractivity contribution in [3.63, 3.8) is 0 Å². The van der Waals surface area contributed by atoms with Crippen molar-refractivity contribution in [3.8, 4) is 0 Å². The second-order valence-electron chi connectivity index (χ2n) is 3.05. The van der Waals surface area contributed by atoms with Crippen LogP contribution in [-0.4, -0.2) is 50.5 Å². The molecule has 0 aliphatic heterocycles. The largest absolute Gasteiger partial charge is 0.349 e. The minimum absolute atomic E-state index is 0.981. The molecule has 0 bridgehead atoms. The van der Waals surface area contributed by atoms with E-state index >= 15 is 0 Å². The van der Waals surface area contributed by atoms with E-state index in [1.165, 1.54) is 0 Å². The Morgan fingerprint density at radius 2 is 1.92 bits per heavy atom. The molecule has 0 saturated carbocycles. The van der Waals surface area contributed by atoms with E-state index in [-0.39, 0.29) is 0 Å². The third-order valence-corrected chi connectivity index (χ3v) is 1.68. The van der Waals surface area contributed by atoms with E-state index in [1.54, 1.807) is 0 Å². The summed E-state index contributed by atoms with van der Waals surface area (Å²) >= 11 is 0. The van der Waals surface area contributed by atoms with Crippen LogP contribution in [0.5, 0.6) is 0 Å². The number of nitrogens with zero attached hydrogens (tertiary/aromatic N) is 3. The molecule has 12 heavy (non-hydrogen) atoms. The van der Waals surface area contributed by atoms with Crippen molar-refractivity contribution >= 4 is 5.96 Å². The Hall–Kier alpha value is -0.730. The maximum absolute atomic E-state index is 4.19. The fraction of sp³-hybridized carbons (Fsp3) is 0.778. The summed E-state index contributed by atoms with van der Waals surface area (Å²) in [7, 11) is 7.88. The fourth-order valence-corrected chi connectivity index (χ4v) is 1.16. The Morgan fingerprint density at radius 1 is 1.33 bits per heavy atom. The van der Waals surface area contributed by atoms with Gasteiger partial charge in [0.25, 0.3) is 0 Å². The van der Waals surface area contributed by atoms with Crippen LogP contribution in [0.4, 0.5) is 0 Å². The average molecular weight is 170 g/mol. The summed E-state index contributed by atoms with van der Waals surface area (Å²) in [5, 5.41) is 0. The van der Waals surface area contributed by atoms with E-state index in [1.807, 2.05) is 26.0 Å². The van der Waals surface area contributed by atoms with Crippen LogP contribution in [0.25, 0.3) is 0 Å². The molecule has 0 atom stereocenters. The van der Waals surface area contributed by atoms with Crippen molar-refractivity contribution in [2.75, 3.05) is 34.7 Å². The van der Waals surface area contributed by atoms with Crippen molar-refractivity contribution in [3.05, 3.63) is 6.92 Å². The van der Waals surface area contributed by atoms with Crippen LogP contribution in [0, 0.1) is 6.92 Å². The zero-order chi connectivity index (χ0) is 9.56. The van der Waals surface area contributed by atoms with Crippen molar-refractivity contribution in [2.45, 2.75) is 12.8 Å². The molecule has 0 aromatic rings. The number of guanidine groups is 1. The SMILES string of the molecule is [CH2]CCCN(C)C(=NC)N(C)C. The third-order valence-electron chi connectivity index (χ3n) is 1.68. The molecule has 0 aliphatic rings. The van der Waals surface area contributed by atoms with Crippen molar-refractivity contribution in [1.29, 1.82) is 0 Å². The van der Waals surface area contributed by atoms with Crippen molar-refractivity contribution in [1.82, 2.24) is 9.80 Å². The smallest absolute Gasteiger partial charge is 0.195 e. The predicted molar refractivity (Wildman–Crippen MR) is 54.3 cm³/mol. The zero-order valence-corrected chi connectivity index (χ0v) is 8.67. The van der Waals surface area contributed by atoms with Gasteiger partial charge in [0.1, 0.15) is 0 Å². The Labute approximate surface area is 76.1 Å². The molecule has 3 nitrogen and oxygen atoms in total. The van der Waals surface area contributed by atoms with Gasteiger partial charge in [-0.3, -0.25) is 4.99 Å². The standard InChI is InChI=1S/C9H20N3/c1-6-7-8-12(5)9(10-2)11(3)4/h1,6-8H2,2-5H3. The Morgan fingerprint density at radius 3 is 2.25 bits per heavy atom. The summed E-state index contributed by atoms with van der Waals surface area (Å²) in [6, 6.07) is 0. The van der Waals surface area contributed by atoms with Crippen LogP contribution < -0.4 is 0 Å². The second kappa shape index (κ2) is 5.86. The number of rotatable bonds is 3. The van der Waals surface area contributed by atoms with E-state index in [0.29, 0.717) is 0 Å². The van der Waals surface area contributed by atoms with Gasteiger partial charge in [-0.2, -0.15) is 0 Å². The molecule has 0 unspecified atom stereocenters. The molecular formula is C9H20N3. The van der Waals surface area contributed by atoms with E-state index in [4.69, 9.17) is 0 Å². The van der Waals surface area contributed by atoms with Gasteiger partial charge in [-0.1, -0.05) is 13.3 Å². The quantitative estimate of drug-likeness (QED) is 0.466. The minimum atomic E-state index is 0.981. The fourth-order valence-electron chi connectivity index (χ4n) is 1.16. The van der Waals surface area contributed by atoms with E-state index in [0.717, 1.165) is 25.3 Å². The summed E-state index contributed by atoms with van der Waals surface area (Å²) < 4.78 is 0. The number of aliphatic imine (C=N–C) groups is 1. The minimum Gasteiger partial charge on any atom is -0.349 e. The van der Waals surface area contributed by atoms with E-state index in [9.17, 15) is 0 Å². The van der Waals surface area contributed by atoms with E-state index < -0.39 is 0 Å². The number of hydrogen-bond acceptors (Lipinski definition) is 1. The Kier molecular flexibility index (Phi) is 5.51. The third kappa shape index (κ3) is 3.60. The number of unbranched alkanes of at least 4 members (excludes halogenated alkanes) is 1. The van der Waals surface area contributed by atoms with E-state index in [2.05, 4.69) is 23.9 Å². The molecule has 0 heterocycles. The molecule has 0 N–H and O–H groups in total. The average Bonchev–Trinajstić information content (AvgIpc) is 2.01. The Bertz CT molecular complexity index is 141. The van der Waals surface area contributed by atoms with Crippen LogP contribution in [0.2, 0.25) is 0 Å².